The molecule has 3 saturated carbocycles. The van der Waals surface area contributed by atoms with Gasteiger partial charge in [0.05, 0.1) is 7.11 Å². The number of rotatable bonds is 3. The zero-order valence-electron chi connectivity index (χ0n) is 18.3. The van der Waals surface area contributed by atoms with E-state index in [1.807, 2.05) is 11.9 Å². The van der Waals surface area contributed by atoms with Crippen LogP contribution in [0.3, 0.4) is 0 Å². The summed E-state index contributed by atoms with van der Waals surface area (Å²) in [6.07, 6.45) is 8.16. The molecule has 162 valence electrons. The zero-order valence-corrected chi connectivity index (χ0v) is 18.3. The van der Waals surface area contributed by atoms with Crippen molar-refractivity contribution in [2.75, 3.05) is 20.7 Å². The summed E-state index contributed by atoms with van der Waals surface area (Å²) >= 11 is 0. The fourth-order valence-corrected chi connectivity index (χ4v) is 7.94. The number of hydrogen-bond donors (Lipinski definition) is 1. The third-order valence-electron chi connectivity index (χ3n) is 9.51. The van der Waals surface area contributed by atoms with Gasteiger partial charge in [-0.25, -0.2) is 0 Å². The van der Waals surface area contributed by atoms with Gasteiger partial charge >= 0.3 is 5.97 Å². The van der Waals surface area contributed by atoms with Gasteiger partial charge in [-0.1, -0.05) is 13.8 Å². The van der Waals surface area contributed by atoms with Crippen LogP contribution in [0.15, 0.2) is 0 Å². The SMILES string of the molecule is COC(=O)CNC(=O)[C@H]1CC[C@H]2[C@@H]3CC[C@H]4N(C)C(=O)CC[C@]4(C)[C@H]3CC[C@]12C. The molecule has 4 aliphatic rings. The Morgan fingerprint density at radius 2 is 1.79 bits per heavy atom. The minimum absolute atomic E-state index is 0.0146. The van der Waals surface area contributed by atoms with Gasteiger partial charge in [0.2, 0.25) is 11.8 Å². The number of methoxy groups -OCH3 is 1. The Hall–Kier alpha value is -1.59. The lowest BCUT2D eigenvalue weighted by Crippen LogP contribution is -2.61. The number of likely N-dealkylation sites (tertiary alicyclic amines) is 1. The van der Waals surface area contributed by atoms with Crippen LogP contribution in [0.1, 0.15) is 65.2 Å². The lowest BCUT2D eigenvalue weighted by molar-refractivity contribution is -0.159. The first-order chi connectivity index (χ1) is 13.7. The molecule has 0 bridgehead atoms. The van der Waals surface area contributed by atoms with Crippen molar-refractivity contribution < 1.29 is 19.1 Å². The van der Waals surface area contributed by atoms with E-state index in [9.17, 15) is 14.4 Å². The summed E-state index contributed by atoms with van der Waals surface area (Å²) in [5.41, 5.74) is 0.221. The first-order valence-corrected chi connectivity index (χ1v) is 11.3. The molecule has 4 rings (SSSR count). The number of amides is 2. The second kappa shape index (κ2) is 7.28. The van der Waals surface area contributed by atoms with E-state index >= 15 is 0 Å². The Morgan fingerprint density at radius 1 is 1.07 bits per heavy atom. The molecule has 0 aromatic heterocycles. The van der Waals surface area contributed by atoms with Crippen molar-refractivity contribution in [3.05, 3.63) is 0 Å². The predicted molar refractivity (Wildman–Crippen MR) is 109 cm³/mol. The highest BCUT2D eigenvalue weighted by Gasteiger charge is 2.62. The van der Waals surface area contributed by atoms with Crippen LogP contribution in [0.4, 0.5) is 0 Å². The topological polar surface area (TPSA) is 75.7 Å². The number of nitrogens with one attached hydrogen (secondary N) is 1. The summed E-state index contributed by atoms with van der Waals surface area (Å²) in [6, 6.07) is 0.370. The molecule has 1 N–H and O–H groups in total. The molecule has 7 atom stereocenters. The van der Waals surface area contributed by atoms with Crippen molar-refractivity contribution in [3.8, 4) is 0 Å². The standard InChI is InChI=1S/C23H36N2O4/c1-22-11-9-16-14(5-8-18-23(16,2)12-10-19(26)25(18)3)15(22)6-7-17(22)21(28)24-13-20(27)29-4/h14-18H,5-13H2,1-4H3,(H,24,28)/t14-,15-,16-,17+,18+,22-,23+/m0/s1. The monoisotopic (exact) mass is 404 g/mol. The highest BCUT2D eigenvalue weighted by Crippen LogP contribution is 2.66. The highest BCUT2D eigenvalue weighted by atomic mass is 16.5. The van der Waals surface area contributed by atoms with Gasteiger partial charge in [-0.05, 0) is 73.5 Å². The Bertz CT molecular complexity index is 709. The number of nitrogens with zero attached hydrogens (tertiary/aromatic N) is 1. The van der Waals surface area contributed by atoms with Gasteiger partial charge in [-0.3, -0.25) is 14.4 Å². The fraction of sp³-hybridized carbons (Fsp3) is 0.870. The van der Waals surface area contributed by atoms with Crippen LogP contribution in [0.25, 0.3) is 0 Å². The Labute approximate surface area is 174 Å². The molecule has 0 aromatic rings. The first-order valence-electron chi connectivity index (χ1n) is 11.3. The maximum atomic E-state index is 12.9. The van der Waals surface area contributed by atoms with Gasteiger partial charge in [-0.2, -0.15) is 0 Å². The van der Waals surface area contributed by atoms with Crippen LogP contribution in [0.2, 0.25) is 0 Å². The Kier molecular flexibility index (Phi) is 5.19. The van der Waals surface area contributed by atoms with Gasteiger partial charge in [0, 0.05) is 25.4 Å². The van der Waals surface area contributed by atoms with Gasteiger partial charge in [0.1, 0.15) is 6.54 Å². The molecule has 6 heteroatoms. The molecule has 0 radical (unpaired) electrons. The Balaban J connectivity index is 1.51. The van der Waals surface area contributed by atoms with E-state index in [4.69, 9.17) is 0 Å². The smallest absolute Gasteiger partial charge is 0.325 e. The van der Waals surface area contributed by atoms with Crippen LogP contribution >= 0.6 is 0 Å². The third-order valence-corrected chi connectivity index (χ3v) is 9.51. The number of ether oxygens (including phenoxy) is 1. The minimum Gasteiger partial charge on any atom is -0.468 e. The van der Waals surface area contributed by atoms with Crippen LogP contribution in [-0.4, -0.2) is 49.4 Å². The van der Waals surface area contributed by atoms with E-state index < -0.39 is 5.97 Å². The quantitative estimate of drug-likeness (QED) is 0.734. The molecule has 29 heavy (non-hydrogen) atoms. The van der Waals surface area contributed by atoms with Crippen molar-refractivity contribution in [3.63, 3.8) is 0 Å². The van der Waals surface area contributed by atoms with Crippen LogP contribution in [0.5, 0.6) is 0 Å². The zero-order chi connectivity index (χ0) is 21.0. The van der Waals surface area contributed by atoms with Crippen LogP contribution in [-0.2, 0) is 19.1 Å². The van der Waals surface area contributed by atoms with E-state index in [-0.39, 0.29) is 29.2 Å². The van der Waals surface area contributed by atoms with Gasteiger partial charge in [-0.15, -0.1) is 0 Å². The number of hydrogen-bond acceptors (Lipinski definition) is 4. The number of fused-ring (bicyclic) bond motifs is 5. The van der Waals surface area contributed by atoms with E-state index in [1.54, 1.807) is 0 Å². The fourth-order valence-electron chi connectivity index (χ4n) is 7.94. The summed E-state index contributed by atoms with van der Waals surface area (Å²) in [6.45, 7) is 4.70. The van der Waals surface area contributed by atoms with Crippen molar-refractivity contribution in [1.29, 1.82) is 0 Å². The maximum Gasteiger partial charge on any atom is 0.325 e. The van der Waals surface area contributed by atoms with Gasteiger partial charge in [0.15, 0.2) is 0 Å². The number of piperidine rings is 1. The summed E-state index contributed by atoms with van der Waals surface area (Å²) in [5, 5.41) is 2.81. The highest BCUT2D eigenvalue weighted by molar-refractivity contribution is 5.84. The molecule has 2 amide bonds. The van der Waals surface area contributed by atoms with Crippen molar-refractivity contribution in [1.82, 2.24) is 10.2 Å². The molecule has 0 aromatic carbocycles. The molecular weight excluding hydrogens is 368 g/mol. The minimum atomic E-state index is -0.399. The summed E-state index contributed by atoms with van der Waals surface area (Å²) < 4.78 is 4.66. The number of carbonyl (C=O) groups is 3. The molecule has 1 saturated heterocycles. The van der Waals surface area contributed by atoms with E-state index in [2.05, 4.69) is 23.9 Å². The second-order valence-corrected chi connectivity index (χ2v) is 10.4. The van der Waals surface area contributed by atoms with E-state index in [0.29, 0.717) is 36.1 Å². The average molecular weight is 405 g/mol. The molecule has 6 nitrogen and oxygen atoms in total. The van der Waals surface area contributed by atoms with Gasteiger partial charge < -0.3 is 15.0 Å². The molecule has 0 unspecified atom stereocenters. The molecule has 3 aliphatic carbocycles. The van der Waals surface area contributed by atoms with Crippen LogP contribution < -0.4 is 5.32 Å². The normalized spacial score (nSPS) is 43.8. The van der Waals surface area contributed by atoms with E-state index in [0.717, 1.165) is 38.5 Å². The lowest BCUT2D eigenvalue weighted by atomic mass is 9.47. The first kappa shape index (κ1) is 20.7. The predicted octanol–water partition coefficient (Wildman–Crippen LogP) is 2.76. The van der Waals surface area contributed by atoms with Crippen molar-refractivity contribution in [2.45, 2.75) is 71.3 Å². The molecular formula is C23H36N2O4. The van der Waals surface area contributed by atoms with E-state index in [1.165, 1.54) is 13.5 Å². The molecule has 1 aliphatic heterocycles. The van der Waals surface area contributed by atoms with Crippen molar-refractivity contribution in [2.24, 2.45) is 34.5 Å². The largest absolute Gasteiger partial charge is 0.468 e. The molecule has 0 spiro atoms. The summed E-state index contributed by atoms with van der Waals surface area (Å²) in [5.74, 6) is 1.76. The summed E-state index contributed by atoms with van der Waals surface area (Å²) in [4.78, 5) is 38.6. The lowest BCUT2D eigenvalue weighted by Gasteiger charge is -2.61. The van der Waals surface area contributed by atoms with Crippen LogP contribution in [0, 0.1) is 34.5 Å². The third kappa shape index (κ3) is 3.09. The molecule has 1 heterocycles. The second-order valence-electron chi connectivity index (χ2n) is 10.4. The average Bonchev–Trinajstić information content (AvgIpc) is 3.06. The van der Waals surface area contributed by atoms with Gasteiger partial charge in [0.25, 0.3) is 0 Å². The maximum absolute atomic E-state index is 12.9. The molecule has 4 fully saturated rings. The number of esters is 1. The number of carbonyl (C=O) groups excluding carboxylic acids is 3. The summed E-state index contributed by atoms with van der Waals surface area (Å²) in [7, 11) is 3.34. The van der Waals surface area contributed by atoms with Crippen molar-refractivity contribution >= 4 is 17.8 Å². The Morgan fingerprint density at radius 3 is 2.52 bits per heavy atom.